The number of rotatable bonds is 8. The van der Waals surface area contributed by atoms with Crippen LogP contribution in [-0.2, 0) is 0 Å². The third kappa shape index (κ3) is 5.53. The van der Waals surface area contributed by atoms with Gasteiger partial charge < -0.3 is 27.0 Å². The van der Waals surface area contributed by atoms with Gasteiger partial charge in [-0.15, -0.1) is 0 Å². The zero-order valence-electron chi connectivity index (χ0n) is 18.9. The number of hydrogen-bond acceptors (Lipinski definition) is 8. The lowest BCUT2D eigenvalue weighted by molar-refractivity contribution is 0.364. The Balaban J connectivity index is 1.63. The first-order valence-corrected chi connectivity index (χ1v) is 12.2. The van der Waals surface area contributed by atoms with Gasteiger partial charge in [-0.25, -0.2) is 0 Å². The lowest BCUT2D eigenvalue weighted by Crippen LogP contribution is -2.40. The van der Waals surface area contributed by atoms with Crippen molar-refractivity contribution in [2.75, 3.05) is 34.8 Å². The lowest BCUT2D eigenvalue weighted by atomic mass is 9.89. The molecule has 1 saturated heterocycles. The van der Waals surface area contributed by atoms with Gasteiger partial charge in [0.2, 0.25) is 17.8 Å². The van der Waals surface area contributed by atoms with Crippen molar-refractivity contribution in [3.05, 3.63) is 23.2 Å². The fourth-order valence-electron chi connectivity index (χ4n) is 4.89. The van der Waals surface area contributed by atoms with E-state index >= 15 is 0 Å². The third-order valence-electron chi connectivity index (χ3n) is 6.68. The zero-order chi connectivity index (χ0) is 22.5. The van der Waals surface area contributed by atoms with Crippen LogP contribution in [0.3, 0.4) is 0 Å². The van der Waals surface area contributed by atoms with E-state index in [1.54, 1.807) is 0 Å². The van der Waals surface area contributed by atoms with Gasteiger partial charge in [-0.2, -0.15) is 15.0 Å². The van der Waals surface area contributed by atoms with Crippen molar-refractivity contribution in [3.63, 3.8) is 0 Å². The van der Waals surface area contributed by atoms with Crippen LogP contribution in [0.2, 0.25) is 5.02 Å². The summed E-state index contributed by atoms with van der Waals surface area (Å²) in [5.41, 5.74) is 13.6. The van der Waals surface area contributed by atoms with E-state index in [0.717, 1.165) is 31.6 Å². The van der Waals surface area contributed by atoms with Crippen LogP contribution in [0.4, 0.5) is 29.2 Å². The molecule has 2 unspecified atom stereocenters. The minimum Gasteiger partial charge on any atom is -0.398 e. The number of hydrogen-bond donors (Lipinski definition) is 4. The predicted octanol–water partition coefficient (Wildman–Crippen LogP) is 4.35. The van der Waals surface area contributed by atoms with Crippen LogP contribution in [0, 0.1) is 5.92 Å². The van der Waals surface area contributed by atoms with Crippen molar-refractivity contribution in [1.29, 1.82) is 0 Å². The summed E-state index contributed by atoms with van der Waals surface area (Å²) in [7, 11) is 0. The highest BCUT2D eigenvalue weighted by Crippen LogP contribution is 2.33. The second-order valence-electron chi connectivity index (χ2n) is 9.00. The molecular formula is C23H35ClN8. The topological polar surface area (TPSA) is 118 Å². The van der Waals surface area contributed by atoms with E-state index in [4.69, 9.17) is 28.1 Å². The Labute approximate surface area is 195 Å². The van der Waals surface area contributed by atoms with Crippen LogP contribution in [0.25, 0.3) is 0 Å². The fourth-order valence-corrected chi connectivity index (χ4v) is 5.06. The molecule has 0 radical (unpaired) electrons. The summed E-state index contributed by atoms with van der Waals surface area (Å²) >= 11 is 6.36. The van der Waals surface area contributed by atoms with Crippen LogP contribution < -0.4 is 27.0 Å². The molecule has 0 bridgehead atoms. The third-order valence-corrected chi connectivity index (χ3v) is 7.01. The summed E-state index contributed by atoms with van der Waals surface area (Å²) in [4.78, 5) is 15.8. The number of aromatic nitrogens is 3. The standard InChI is InChI=1S/C23H35ClN8/c1-2-19(20-9-6-12-27-20)28-22-29-21(26)30-23(31-22)32(14-15-7-4-3-5-8-15)16-10-11-18(25)17(24)13-16/h10-11,13,15,19-20,27H,2-9,12,14,25H2,1H3,(H3,26,28,29,30,31). The molecule has 32 heavy (non-hydrogen) atoms. The Morgan fingerprint density at radius 2 is 1.94 bits per heavy atom. The molecule has 0 spiro atoms. The maximum atomic E-state index is 6.36. The molecule has 8 nitrogen and oxygen atoms in total. The molecule has 1 aromatic carbocycles. The van der Waals surface area contributed by atoms with Crippen LogP contribution in [0.1, 0.15) is 58.3 Å². The van der Waals surface area contributed by atoms with Crippen LogP contribution >= 0.6 is 11.6 Å². The molecule has 2 atom stereocenters. The summed E-state index contributed by atoms with van der Waals surface area (Å²) in [6.45, 7) is 4.04. The summed E-state index contributed by atoms with van der Waals surface area (Å²) in [6, 6.07) is 6.33. The molecule has 1 aliphatic heterocycles. The van der Waals surface area contributed by atoms with Crippen LogP contribution in [0.15, 0.2) is 18.2 Å². The van der Waals surface area contributed by atoms with E-state index in [-0.39, 0.29) is 12.0 Å². The highest BCUT2D eigenvalue weighted by atomic mass is 35.5. The number of nitrogens with zero attached hydrogens (tertiary/aromatic N) is 4. The van der Waals surface area contributed by atoms with E-state index in [0.29, 0.717) is 34.6 Å². The monoisotopic (exact) mass is 458 g/mol. The number of nitrogens with one attached hydrogen (secondary N) is 2. The molecule has 1 saturated carbocycles. The highest BCUT2D eigenvalue weighted by Gasteiger charge is 2.26. The summed E-state index contributed by atoms with van der Waals surface area (Å²) < 4.78 is 0. The number of benzene rings is 1. The van der Waals surface area contributed by atoms with Gasteiger partial charge in [0.25, 0.3) is 0 Å². The van der Waals surface area contributed by atoms with E-state index in [2.05, 4.69) is 32.4 Å². The van der Waals surface area contributed by atoms with Crippen molar-refractivity contribution in [2.45, 2.75) is 70.4 Å². The largest absolute Gasteiger partial charge is 0.398 e. The van der Waals surface area contributed by atoms with E-state index in [1.165, 1.54) is 38.5 Å². The second-order valence-corrected chi connectivity index (χ2v) is 9.41. The molecule has 1 aromatic heterocycles. The molecule has 6 N–H and O–H groups in total. The zero-order valence-corrected chi connectivity index (χ0v) is 19.6. The van der Waals surface area contributed by atoms with E-state index in [9.17, 15) is 0 Å². The average Bonchev–Trinajstić information content (AvgIpc) is 3.33. The SMILES string of the molecule is CCC(Nc1nc(N)nc(N(CC2CCCCC2)c2ccc(N)c(Cl)c2)n1)C1CCCN1. The first kappa shape index (κ1) is 22.9. The molecule has 2 heterocycles. The number of nitrogens with two attached hydrogens (primary N) is 2. The van der Waals surface area contributed by atoms with E-state index < -0.39 is 0 Å². The summed E-state index contributed by atoms with van der Waals surface area (Å²) in [5.74, 6) is 1.84. The van der Waals surface area contributed by atoms with Gasteiger partial charge in [0, 0.05) is 24.3 Å². The Bertz CT molecular complexity index is 896. The average molecular weight is 459 g/mol. The molecule has 9 heteroatoms. The maximum absolute atomic E-state index is 6.36. The molecule has 174 valence electrons. The molecule has 2 fully saturated rings. The Morgan fingerprint density at radius 3 is 2.62 bits per heavy atom. The summed E-state index contributed by atoms with van der Waals surface area (Å²) in [6.07, 6.45) is 9.56. The van der Waals surface area contributed by atoms with Gasteiger partial charge in [-0.1, -0.05) is 37.8 Å². The number of anilines is 5. The predicted molar refractivity (Wildman–Crippen MR) is 132 cm³/mol. The van der Waals surface area contributed by atoms with Crippen LogP contribution in [0.5, 0.6) is 0 Å². The molecular weight excluding hydrogens is 424 g/mol. The molecule has 2 aliphatic rings. The van der Waals surface area contributed by atoms with Crippen LogP contribution in [-0.4, -0.2) is 40.1 Å². The van der Waals surface area contributed by atoms with Gasteiger partial charge >= 0.3 is 0 Å². The fraction of sp³-hybridized carbons (Fsp3) is 0.609. The Hall–Kier alpha value is -2.32. The molecule has 1 aliphatic carbocycles. The van der Waals surface area contributed by atoms with Gasteiger partial charge in [-0.3, -0.25) is 0 Å². The van der Waals surface area contributed by atoms with Gasteiger partial charge in [0.15, 0.2) is 0 Å². The minimum atomic E-state index is 0.210. The number of nitrogen functional groups attached to an aromatic ring is 2. The second kappa shape index (κ2) is 10.5. The normalized spacial score (nSPS) is 20.2. The minimum absolute atomic E-state index is 0.210. The van der Waals surface area contributed by atoms with Crippen molar-refractivity contribution in [1.82, 2.24) is 20.3 Å². The Morgan fingerprint density at radius 1 is 1.12 bits per heavy atom. The van der Waals surface area contributed by atoms with Gasteiger partial charge in [-0.05, 0) is 62.8 Å². The van der Waals surface area contributed by atoms with Crippen molar-refractivity contribution < 1.29 is 0 Å². The molecule has 0 amide bonds. The van der Waals surface area contributed by atoms with Gasteiger partial charge in [0.05, 0.1) is 10.7 Å². The number of halogens is 1. The Kier molecular flexibility index (Phi) is 7.52. The van der Waals surface area contributed by atoms with Gasteiger partial charge in [0.1, 0.15) is 0 Å². The lowest BCUT2D eigenvalue weighted by Gasteiger charge is -2.30. The first-order valence-electron chi connectivity index (χ1n) is 11.9. The highest BCUT2D eigenvalue weighted by molar-refractivity contribution is 6.33. The molecule has 2 aromatic rings. The van der Waals surface area contributed by atoms with Crippen molar-refractivity contribution in [3.8, 4) is 0 Å². The summed E-state index contributed by atoms with van der Waals surface area (Å²) in [5, 5.41) is 7.60. The van der Waals surface area contributed by atoms with Crippen molar-refractivity contribution >= 4 is 40.8 Å². The quantitative estimate of drug-likeness (QED) is 0.431. The van der Waals surface area contributed by atoms with Crippen molar-refractivity contribution in [2.24, 2.45) is 5.92 Å². The first-order chi connectivity index (χ1) is 15.5. The van der Waals surface area contributed by atoms with E-state index in [1.807, 2.05) is 18.2 Å². The smallest absolute Gasteiger partial charge is 0.236 e. The maximum Gasteiger partial charge on any atom is 0.236 e. The molecule has 4 rings (SSSR count).